The van der Waals surface area contributed by atoms with Crippen molar-refractivity contribution in [1.82, 2.24) is 9.97 Å². The van der Waals surface area contributed by atoms with Crippen LogP contribution in [0, 0.1) is 6.42 Å². The van der Waals surface area contributed by atoms with E-state index >= 15 is 0 Å². The van der Waals surface area contributed by atoms with Crippen LogP contribution >= 0.6 is 0 Å². The molecule has 10 heavy (non-hydrogen) atoms. The van der Waals surface area contributed by atoms with E-state index in [4.69, 9.17) is 0 Å². The van der Waals surface area contributed by atoms with Crippen LogP contribution < -0.4 is 0 Å². The Hall–Kier alpha value is -0.790. The van der Waals surface area contributed by atoms with Gasteiger partial charge < -0.3 is 4.98 Å². The molecule has 1 rings (SSSR count). The lowest BCUT2D eigenvalue weighted by atomic mass is 10.2. The summed E-state index contributed by atoms with van der Waals surface area (Å²) in [6, 6.07) is 0. The molecule has 0 aliphatic carbocycles. The van der Waals surface area contributed by atoms with Crippen LogP contribution in [0.25, 0.3) is 0 Å². The van der Waals surface area contributed by atoms with E-state index in [1.807, 2.05) is 6.20 Å². The molecule has 0 saturated carbocycles. The van der Waals surface area contributed by atoms with E-state index in [9.17, 15) is 0 Å². The van der Waals surface area contributed by atoms with Crippen molar-refractivity contribution in [2.75, 3.05) is 0 Å². The fraction of sp³-hybridized carbons (Fsp3) is 0.500. The molecule has 0 unspecified atom stereocenters. The van der Waals surface area contributed by atoms with Crippen molar-refractivity contribution < 1.29 is 0 Å². The first-order valence-electron chi connectivity index (χ1n) is 3.76. The maximum atomic E-state index is 4.08. The van der Waals surface area contributed by atoms with Gasteiger partial charge in [0, 0.05) is 18.8 Å². The predicted molar refractivity (Wildman–Crippen MR) is 41.5 cm³/mol. The Morgan fingerprint density at radius 1 is 1.70 bits per heavy atom. The monoisotopic (exact) mass is 137 g/mol. The van der Waals surface area contributed by atoms with Crippen LogP contribution in [0.4, 0.5) is 0 Å². The second-order valence-corrected chi connectivity index (χ2v) is 2.32. The minimum atomic E-state index is 0.994. The number of hydrogen-bond acceptors (Lipinski definition) is 1. The van der Waals surface area contributed by atoms with Crippen LogP contribution in [-0.4, -0.2) is 9.97 Å². The van der Waals surface area contributed by atoms with E-state index in [0.29, 0.717) is 0 Å². The summed E-state index contributed by atoms with van der Waals surface area (Å²) in [6.07, 6.45) is 9.38. The Labute approximate surface area is 61.7 Å². The summed E-state index contributed by atoms with van der Waals surface area (Å²) in [5.74, 6) is 0.994. The molecule has 0 amide bonds. The van der Waals surface area contributed by atoms with Crippen molar-refractivity contribution in [2.45, 2.75) is 26.2 Å². The molecular formula is C8H13N2. The SMILES string of the molecule is CCCC[CH]c1ncc[nH]1. The summed E-state index contributed by atoms with van der Waals surface area (Å²) in [5, 5.41) is 0. The number of H-pyrrole nitrogens is 1. The van der Waals surface area contributed by atoms with Gasteiger partial charge in [0.1, 0.15) is 5.82 Å². The summed E-state index contributed by atoms with van der Waals surface area (Å²) in [5.41, 5.74) is 0. The Bertz CT molecular complexity index is 156. The average molecular weight is 137 g/mol. The number of aromatic amines is 1. The Kier molecular flexibility index (Phi) is 3.00. The largest absolute Gasteiger partial charge is 0.348 e. The number of rotatable bonds is 4. The zero-order valence-corrected chi connectivity index (χ0v) is 6.30. The van der Waals surface area contributed by atoms with Gasteiger partial charge in [0.05, 0.1) is 0 Å². The molecule has 1 heterocycles. The van der Waals surface area contributed by atoms with E-state index in [2.05, 4.69) is 23.3 Å². The number of hydrogen-bond donors (Lipinski definition) is 1. The number of unbranched alkanes of at least 4 members (excludes halogenated alkanes) is 2. The second-order valence-electron chi connectivity index (χ2n) is 2.32. The maximum Gasteiger partial charge on any atom is 0.109 e. The lowest BCUT2D eigenvalue weighted by Gasteiger charge is -1.92. The van der Waals surface area contributed by atoms with Gasteiger partial charge in [-0.3, -0.25) is 0 Å². The fourth-order valence-electron chi connectivity index (χ4n) is 0.832. The van der Waals surface area contributed by atoms with Gasteiger partial charge in [-0.05, 0) is 6.42 Å². The summed E-state index contributed by atoms with van der Waals surface area (Å²) in [6.45, 7) is 2.19. The molecule has 0 aliphatic rings. The van der Waals surface area contributed by atoms with Crippen LogP contribution in [0.3, 0.4) is 0 Å². The molecular weight excluding hydrogens is 124 g/mol. The normalized spacial score (nSPS) is 10.1. The molecule has 2 nitrogen and oxygen atoms in total. The molecule has 0 fully saturated rings. The number of imidazole rings is 1. The van der Waals surface area contributed by atoms with E-state index in [0.717, 1.165) is 12.2 Å². The van der Waals surface area contributed by atoms with E-state index in [1.165, 1.54) is 12.8 Å². The molecule has 1 aromatic rings. The third kappa shape index (κ3) is 2.21. The van der Waals surface area contributed by atoms with Crippen LogP contribution in [0.5, 0.6) is 0 Å². The van der Waals surface area contributed by atoms with E-state index in [-0.39, 0.29) is 0 Å². The fourth-order valence-corrected chi connectivity index (χ4v) is 0.832. The summed E-state index contributed by atoms with van der Waals surface area (Å²) in [4.78, 5) is 7.11. The van der Waals surface area contributed by atoms with E-state index < -0.39 is 0 Å². The minimum absolute atomic E-state index is 0.994. The van der Waals surface area contributed by atoms with Crippen molar-refractivity contribution in [3.8, 4) is 0 Å². The van der Waals surface area contributed by atoms with Gasteiger partial charge in [0.2, 0.25) is 0 Å². The molecule has 0 atom stereocenters. The second kappa shape index (κ2) is 4.09. The van der Waals surface area contributed by atoms with Gasteiger partial charge in [-0.2, -0.15) is 0 Å². The smallest absolute Gasteiger partial charge is 0.109 e. The maximum absolute atomic E-state index is 4.08. The molecule has 0 aliphatic heterocycles. The van der Waals surface area contributed by atoms with Gasteiger partial charge in [-0.25, -0.2) is 4.98 Å². The minimum Gasteiger partial charge on any atom is -0.348 e. The van der Waals surface area contributed by atoms with Crippen LogP contribution in [-0.2, 0) is 0 Å². The summed E-state index contributed by atoms with van der Waals surface area (Å²) >= 11 is 0. The van der Waals surface area contributed by atoms with Crippen molar-refractivity contribution in [3.05, 3.63) is 24.6 Å². The molecule has 55 valence electrons. The first-order valence-corrected chi connectivity index (χ1v) is 3.76. The number of nitrogens with zero attached hydrogens (tertiary/aromatic N) is 1. The highest BCUT2D eigenvalue weighted by Gasteiger charge is 1.92. The van der Waals surface area contributed by atoms with Crippen molar-refractivity contribution in [3.63, 3.8) is 0 Å². The third-order valence-electron chi connectivity index (χ3n) is 1.41. The standard InChI is InChI=1S/C8H13N2/c1-2-3-4-5-8-9-6-7-10-8/h5-7H,2-4H2,1H3,(H,9,10). The highest BCUT2D eigenvalue weighted by atomic mass is 14.9. The Morgan fingerprint density at radius 2 is 2.60 bits per heavy atom. The molecule has 0 spiro atoms. The number of nitrogens with one attached hydrogen (secondary N) is 1. The van der Waals surface area contributed by atoms with Gasteiger partial charge in [-0.1, -0.05) is 19.8 Å². The van der Waals surface area contributed by atoms with Crippen LogP contribution in [0.1, 0.15) is 32.0 Å². The van der Waals surface area contributed by atoms with Gasteiger partial charge in [0.15, 0.2) is 0 Å². The topological polar surface area (TPSA) is 28.7 Å². The van der Waals surface area contributed by atoms with Gasteiger partial charge in [0.25, 0.3) is 0 Å². The molecule has 0 bridgehead atoms. The summed E-state index contributed by atoms with van der Waals surface area (Å²) in [7, 11) is 0. The number of aromatic nitrogens is 2. The molecule has 2 heteroatoms. The summed E-state index contributed by atoms with van der Waals surface area (Å²) < 4.78 is 0. The predicted octanol–water partition coefficient (Wildman–Crippen LogP) is 2.15. The first-order chi connectivity index (χ1) is 4.93. The highest BCUT2D eigenvalue weighted by molar-refractivity contribution is 4.99. The first kappa shape index (κ1) is 7.32. The highest BCUT2D eigenvalue weighted by Crippen LogP contribution is 2.02. The van der Waals surface area contributed by atoms with Crippen LogP contribution in [0.2, 0.25) is 0 Å². The van der Waals surface area contributed by atoms with Crippen molar-refractivity contribution >= 4 is 0 Å². The third-order valence-corrected chi connectivity index (χ3v) is 1.41. The molecule has 1 N–H and O–H groups in total. The quantitative estimate of drug-likeness (QED) is 0.633. The molecule has 0 aromatic carbocycles. The molecule has 1 aromatic heterocycles. The lowest BCUT2D eigenvalue weighted by Crippen LogP contribution is -1.83. The average Bonchev–Trinajstić information content (AvgIpc) is 2.41. The Morgan fingerprint density at radius 3 is 3.20 bits per heavy atom. The van der Waals surface area contributed by atoms with E-state index in [1.54, 1.807) is 6.20 Å². The molecule has 0 saturated heterocycles. The van der Waals surface area contributed by atoms with Crippen molar-refractivity contribution in [2.24, 2.45) is 0 Å². The Balaban J connectivity index is 2.15. The lowest BCUT2D eigenvalue weighted by molar-refractivity contribution is 0.782. The zero-order chi connectivity index (χ0) is 7.23. The zero-order valence-electron chi connectivity index (χ0n) is 6.30. The van der Waals surface area contributed by atoms with Crippen LogP contribution in [0.15, 0.2) is 12.4 Å². The van der Waals surface area contributed by atoms with Gasteiger partial charge >= 0.3 is 0 Å². The van der Waals surface area contributed by atoms with Crippen molar-refractivity contribution in [1.29, 1.82) is 0 Å². The molecule has 1 radical (unpaired) electrons. The van der Waals surface area contributed by atoms with Gasteiger partial charge in [-0.15, -0.1) is 0 Å².